The molecule has 2 heterocycles. The van der Waals surface area contributed by atoms with Crippen LogP contribution >= 0.6 is 0 Å². The number of ether oxygens (including phenoxy) is 1. The second-order valence-electron chi connectivity index (χ2n) is 5.07. The van der Waals surface area contributed by atoms with Crippen LogP contribution in [0.4, 0.5) is 4.39 Å². The summed E-state index contributed by atoms with van der Waals surface area (Å²) in [6.07, 6.45) is -5.05. The van der Waals surface area contributed by atoms with Gasteiger partial charge >= 0.3 is 5.69 Å². The molecule has 12 heteroatoms. The zero-order chi connectivity index (χ0) is 18.6. The van der Waals surface area contributed by atoms with E-state index in [9.17, 15) is 24.2 Å². The van der Waals surface area contributed by atoms with Gasteiger partial charge in [-0.2, -0.15) is 0 Å². The molecule has 1 aromatic heterocycles. The summed E-state index contributed by atoms with van der Waals surface area (Å²) in [4.78, 5) is 28.0. The fraction of sp³-hybridized carbons (Fsp3) is 0.538. The lowest BCUT2D eigenvalue weighted by Gasteiger charge is -2.23. The molecule has 0 aliphatic carbocycles. The maximum absolute atomic E-state index is 14.4. The van der Waals surface area contributed by atoms with Crippen molar-refractivity contribution in [1.82, 2.24) is 9.55 Å². The van der Waals surface area contributed by atoms with Crippen molar-refractivity contribution in [2.45, 2.75) is 30.6 Å². The minimum atomic E-state index is -2.31. The van der Waals surface area contributed by atoms with Crippen LogP contribution in [0.1, 0.15) is 18.2 Å². The van der Waals surface area contributed by atoms with Gasteiger partial charge in [-0.15, -0.1) is 0 Å². The summed E-state index contributed by atoms with van der Waals surface area (Å²) in [5, 5.41) is 31.0. The molecule has 0 bridgehead atoms. The van der Waals surface area contributed by atoms with Crippen LogP contribution in [-0.4, -0.2) is 56.1 Å². The fourth-order valence-electron chi connectivity index (χ4n) is 2.26. The summed E-state index contributed by atoms with van der Waals surface area (Å²) in [7, 11) is 0. The van der Waals surface area contributed by atoms with Crippen LogP contribution in [0, 0.1) is 11.8 Å². The predicted molar refractivity (Wildman–Crippen MR) is 79.9 cm³/mol. The van der Waals surface area contributed by atoms with Gasteiger partial charge < -0.3 is 20.1 Å². The number of hydrogen-bond donors (Lipinski definition) is 4. The average Bonchev–Trinajstić information content (AvgIpc) is 2.83. The maximum atomic E-state index is 14.4. The molecule has 1 aliphatic rings. The average molecular weight is 355 g/mol. The molecule has 1 fully saturated rings. The summed E-state index contributed by atoms with van der Waals surface area (Å²) < 4.78 is 20.1. The van der Waals surface area contributed by atoms with E-state index in [1.807, 2.05) is 4.98 Å². The Bertz CT molecular complexity index is 866. The molecule has 11 nitrogen and oxygen atoms in total. The van der Waals surface area contributed by atoms with E-state index >= 15 is 0 Å². The standard InChI is InChI=1S/C13H14FN5O6/c14-8-9(22)13(6-21,17-18-15)25-11(8)19-5-7(3-1-2-4-20)10(23)16-12(19)24/h5,8-9,11,20-22H,2,4,6H2,(H,16,23,24)/t8-,9?,11+,13+/m0/s1. The highest BCUT2D eigenvalue weighted by molar-refractivity contribution is 5.29. The number of aromatic amines is 1. The topological polar surface area (TPSA) is 174 Å². The van der Waals surface area contributed by atoms with Crippen molar-refractivity contribution >= 4 is 0 Å². The third-order valence-electron chi connectivity index (χ3n) is 3.50. The summed E-state index contributed by atoms with van der Waals surface area (Å²) in [6, 6.07) is 0. The molecule has 134 valence electrons. The summed E-state index contributed by atoms with van der Waals surface area (Å²) in [5.74, 6) is 4.88. The molecule has 2 rings (SSSR count). The van der Waals surface area contributed by atoms with E-state index in [0.29, 0.717) is 4.57 Å². The van der Waals surface area contributed by atoms with Gasteiger partial charge in [0.1, 0.15) is 11.7 Å². The second kappa shape index (κ2) is 7.47. The van der Waals surface area contributed by atoms with Crippen LogP contribution in [-0.2, 0) is 4.74 Å². The first-order chi connectivity index (χ1) is 11.9. The monoisotopic (exact) mass is 355 g/mol. The highest BCUT2D eigenvalue weighted by Crippen LogP contribution is 2.39. The van der Waals surface area contributed by atoms with Crippen LogP contribution in [0.5, 0.6) is 0 Å². The number of hydrogen-bond acceptors (Lipinski definition) is 7. The van der Waals surface area contributed by atoms with E-state index in [-0.39, 0.29) is 18.6 Å². The lowest BCUT2D eigenvalue weighted by atomic mass is 10.1. The highest BCUT2D eigenvalue weighted by atomic mass is 19.1. The molecule has 0 aromatic carbocycles. The molecular formula is C13H14FN5O6. The van der Waals surface area contributed by atoms with E-state index in [2.05, 4.69) is 21.9 Å². The fourth-order valence-corrected chi connectivity index (χ4v) is 2.26. The van der Waals surface area contributed by atoms with Crippen molar-refractivity contribution in [3.63, 3.8) is 0 Å². The Kier molecular flexibility index (Phi) is 5.58. The third-order valence-corrected chi connectivity index (χ3v) is 3.50. The number of nitrogens with zero attached hydrogens (tertiary/aromatic N) is 4. The first-order valence-electron chi connectivity index (χ1n) is 7.02. The Balaban J connectivity index is 2.50. The molecule has 0 radical (unpaired) electrons. The zero-order valence-corrected chi connectivity index (χ0v) is 12.7. The van der Waals surface area contributed by atoms with Gasteiger partial charge in [-0.3, -0.25) is 14.3 Å². The number of rotatable bonds is 4. The van der Waals surface area contributed by atoms with E-state index in [1.165, 1.54) is 0 Å². The van der Waals surface area contributed by atoms with Crippen molar-refractivity contribution in [3.05, 3.63) is 43.0 Å². The van der Waals surface area contributed by atoms with Crippen LogP contribution in [0.15, 0.2) is 20.9 Å². The van der Waals surface area contributed by atoms with Crippen LogP contribution in [0.3, 0.4) is 0 Å². The summed E-state index contributed by atoms with van der Waals surface area (Å²) in [5.41, 5.74) is 4.13. The van der Waals surface area contributed by atoms with E-state index < -0.39 is 42.1 Å². The van der Waals surface area contributed by atoms with Gasteiger partial charge in [-0.1, -0.05) is 17.0 Å². The minimum absolute atomic E-state index is 0.0768. The number of H-pyrrole nitrogens is 1. The SMILES string of the molecule is [N-]=[N+]=N[C@]1(CO)O[C@@H](n2cc(C#CCCO)c(=O)[nH]c2=O)[C@@H](F)C1O. The quantitative estimate of drug-likeness (QED) is 0.221. The first-order valence-corrected chi connectivity index (χ1v) is 7.02. The number of nitrogens with one attached hydrogen (secondary N) is 1. The third kappa shape index (κ3) is 3.41. The summed E-state index contributed by atoms with van der Waals surface area (Å²) in [6.45, 7) is -1.27. The highest BCUT2D eigenvalue weighted by Gasteiger charge is 2.56. The molecule has 0 saturated carbocycles. The molecule has 0 amide bonds. The van der Waals surface area contributed by atoms with E-state index in [4.69, 9.17) is 15.4 Å². The van der Waals surface area contributed by atoms with Gasteiger partial charge in [0, 0.05) is 17.5 Å². The second-order valence-corrected chi connectivity index (χ2v) is 5.07. The zero-order valence-electron chi connectivity index (χ0n) is 12.7. The molecule has 1 aromatic rings. The van der Waals surface area contributed by atoms with Crippen molar-refractivity contribution in [1.29, 1.82) is 0 Å². The largest absolute Gasteiger partial charge is 0.395 e. The Morgan fingerprint density at radius 2 is 2.24 bits per heavy atom. The van der Waals surface area contributed by atoms with E-state index in [1.54, 1.807) is 0 Å². The number of azide groups is 1. The molecule has 4 N–H and O–H groups in total. The molecule has 1 unspecified atom stereocenters. The van der Waals surface area contributed by atoms with Gasteiger partial charge in [0.2, 0.25) is 5.72 Å². The molecular weight excluding hydrogens is 341 g/mol. The number of aliphatic hydroxyl groups excluding tert-OH is 3. The number of alkyl halides is 1. The van der Waals surface area contributed by atoms with Crippen molar-refractivity contribution in [2.75, 3.05) is 13.2 Å². The lowest BCUT2D eigenvalue weighted by molar-refractivity contribution is -0.124. The van der Waals surface area contributed by atoms with Crippen molar-refractivity contribution in [2.24, 2.45) is 5.11 Å². The maximum Gasteiger partial charge on any atom is 0.330 e. The number of halogens is 1. The van der Waals surface area contributed by atoms with Gasteiger partial charge in [0.05, 0.1) is 13.2 Å². The van der Waals surface area contributed by atoms with Gasteiger partial charge in [0.25, 0.3) is 5.56 Å². The van der Waals surface area contributed by atoms with Crippen LogP contribution in [0.25, 0.3) is 10.4 Å². The Hall–Kier alpha value is -2.68. The van der Waals surface area contributed by atoms with Crippen molar-refractivity contribution in [3.8, 4) is 11.8 Å². The van der Waals surface area contributed by atoms with Gasteiger partial charge in [0.15, 0.2) is 12.4 Å². The predicted octanol–water partition coefficient (Wildman–Crippen LogP) is -1.50. The molecule has 4 atom stereocenters. The molecule has 0 spiro atoms. The summed E-state index contributed by atoms with van der Waals surface area (Å²) >= 11 is 0. The van der Waals surface area contributed by atoms with Crippen LogP contribution < -0.4 is 11.2 Å². The number of aliphatic hydroxyl groups is 3. The van der Waals surface area contributed by atoms with Gasteiger partial charge in [-0.05, 0) is 5.53 Å². The van der Waals surface area contributed by atoms with E-state index in [0.717, 1.165) is 6.20 Å². The first kappa shape index (κ1) is 18.7. The number of aromatic nitrogens is 2. The molecule has 1 aliphatic heterocycles. The Morgan fingerprint density at radius 1 is 1.52 bits per heavy atom. The Morgan fingerprint density at radius 3 is 2.84 bits per heavy atom. The van der Waals surface area contributed by atoms with Crippen molar-refractivity contribution < 1.29 is 24.4 Å². The Labute approximate surface area is 138 Å². The lowest BCUT2D eigenvalue weighted by Crippen LogP contribution is -2.43. The normalized spacial score (nSPS) is 28.1. The molecule has 25 heavy (non-hydrogen) atoms. The molecule has 1 saturated heterocycles. The van der Waals surface area contributed by atoms with Crippen LogP contribution in [0.2, 0.25) is 0 Å². The smallest absolute Gasteiger partial charge is 0.330 e. The van der Waals surface area contributed by atoms with Gasteiger partial charge in [-0.25, -0.2) is 9.18 Å². The minimum Gasteiger partial charge on any atom is -0.395 e.